The molecule has 3 heterocycles. The van der Waals surface area contributed by atoms with Gasteiger partial charge in [0.2, 0.25) is 0 Å². The van der Waals surface area contributed by atoms with Crippen LogP contribution in [0, 0.1) is 6.92 Å². The van der Waals surface area contributed by atoms with E-state index in [1.807, 2.05) is 31.5 Å². The van der Waals surface area contributed by atoms with Gasteiger partial charge in [-0.2, -0.15) is 0 Å². The Morgan fingerprint density at radius 2 is 1.84 bits per heavy atom. The van der Waals surface area contributed by atoms with Crippen molar-refractivity contribution in [2.75, 3.05) is 13.2 Å². The number of ether oxygens (including phenoxy) is 1. The first-order valence-electron chi connectivity index (χ1n) is 11.3. The molecule has 5 rings (SSSR count). The molecule has 0 aliphatic carbocycles. The lowest BCUT2D eigenvalue weighted by Gasteiger charge is -2.22. The molecule has 1 aliphatic heterocycles. The summed E-state index contributed by atoms with van der Waals surface area (Å²) in [6.45, 7) is 5.33. The van der Waals surface area contributed by atoms with Crippen LogP contribution in [0.1, 0.15) is 58.3 Å². The third-order valence-corrected chi connectivity index (χ3v) is 6.61. The second-order valence-electron chi connectivity index (χ2n) is 8.76. The lowest BCUT2D eigenvalue weighted by Crippen LogP contribution is -2.13. The van der Waals surface area contributed by atoms with Gasteiger partial charge in [-0.25, -0.2) is 4.98 Å². The van der Waals surface area contributed by atoms with Crippen LogP contribution in [0.2, 0.25) is 0 Å². The van der Waals surface area contributed by atoms with Gasteiger partial charge in [0, 0.05) is 37.6 Å². The molecule has 4 aromatic rings. The van der Waals surface area contributed by atoms with Gasteiger partial charge in [0.1, 0.15) is 5.65 Å². The number of carbonyl (C=O) groups excluding carboxylic acids is 1. The number of hydrogen-bond acceptors (Lipinski definition) is 3. The first-order chi connectivity index (χ1) is 15.6. The summed E-state index contributed by atoms with van der Waals surface area (Å²) < 4.78 is 7.62. The molecule has 2 aromatic carbocycles. The van der Waals surface area contributed by atoms with E-state index in [0.29, 0.717) is 5.92 Å². The van der Waals surface area contributed by atoms with Crippen molar-refractivity contribution in [2.45, 2.75) is 39.0 Å². The van der Waals surface area contributed by atoms with Crippen molar-refractivity contribution in [1.29, 1.82) is 0 Å². The molecule has 0 spiro atoms. The smallest absolute Gasteiger partial charge is 0.160 e. The van der Waals surface area contributed by atoms with Gasteiger partial charge in [-0.05, 0) is 72.6 Å². The molecule has 162 valence electrons. The fourth-order valence-electron chi connectivity index (χ4n) is 4.76. The van der Waals surface area contributed by atoms with Crippen LogP contribution in [0.25, 0.3) is 16.9 Å². The Balaban J connectivity index is 1.44. The Bertz CT molecular complexity index is 1260. The lowest BCUT2D eigenvalue weighted by molar-refractivity contribution is 0.0853. The van der Waals surface area contributed by atoms with E-state index in [-0.39, 0.29) is 5.78 Å². The molecule has 0 amide bonds. The number of imidazole rings is 1. The summed E-state index contributed by atoms with van der Waals surface area (Å²) in [6.07, 6.45) is 6.90. The van der Waals surface area contributed by atoms with E-state index >= 15 is 0 Å². The average Bonchev–Trinajstić information content (AvgIpc) is 3.31. The van der Waals surface area contributed by atoms with Crippen molar-refractivity contribution >= 4 is 11.4 Å². The van der Waals surface area contributed by atoms with E-state index in [1.165, 1.54) is 16.7 Å². The van der Waals surface area contributed by atoms with Crippen molar-refractivity contribution in [3.63, 3.8) is 0 Å². The summed E-state index contributed by atoms with van der Waals surface area (Å²) in [5, 5.41) is 0. The lowest BCUT2D eigenvalue weighted by atomic mass is 9.90. The monoisotopic (exact) mass is 424 g/mol. The molecule has 0 saturated carbocycles. The van der Waals surface area contributed by atoms with Gasteiger partial charge < -0.3 is 4.74 Å². The summed E-state index contributed by atoms with van der Waals surface area (Å²) in [5.41, 5.74) is 8.69. The number of carbonyl (C=O) groups is 1. The average molecular weight is 425 g/mol. The van der Waals surface area contributed by atoms with Gasteiger partial charge in [-0.3, -0.25) is 9.20 Å². The van der Waals surface area contributed by atoms with E-state index in [2.05, 4.69) is 51.8 Å². The van der Waals surface area contributed by atoms with Gasteiger partial charge in [-0.15, -0.1) is 0 Å². The molecule has 32 heavy (non-hydrogen) atoms. The highest BCUT2D eigenvalue weighted by Crippen LogP contribution is 2.29. The summed E-state index contributed by atoms with van der Waals surface area (Å²) in [5.74, 6) is 0.706. The van der Waals surface area contributed by atoms with Crippen LogP contribution in [-0.4, -0.2) is 28.4 Å². The molecule has 0 atom stereocenters. The van der Waals surface area contributed by atoms with Crippen LogP contribution in [0.3, 0.4) is 0 Å². The fourth-order valence-corrected chi connectivity index (χ4v) is 4.76. The number of benzene rings is 2. The highest BCUT2D eigenvalue weighted by atomic mass is 16.5. The van der Waals surface area contributed by atoms with Crippen molar-refractivity contribution in [3.05, 3.63) is 94.8 Å². The van der Waals surface area contributed by atoms with Crippen molar-refractivity contribution in [3.8, 4) is 11.3 Å². The molecule has 2 aromatic heterocycles. The number of Topliss-reactive ketones (excluding diaryl/α,β-unsaturated/α-hetero) is 1. The summed E-state index contributed by atoms with van der Waals surface area (Å²) in [7, 11) is 0. The van der Waals surface area contributed by atoms with Crippen molar-refractivity contribution < 1.29 is 9.53 Å². The second-order valence-corrected chi connectivity index (χ2v) is 8.76. The standard InChI is InChI=1S/C28H28N2O2/c1-19-3-6-24(18-26(19)20(2)31)27-10-9-25(28-29-13-14-30(27)28)17-21-4-7-22(8-5-21)23-11-15-32-16-12-23/h3-10,13-14,18,23H,11-12,15-17H2,1-2H3. The van der Waals surface area contributed by atoms with Crippen molar-refractivity contribution in [1.82, 2.24) is 9.38 Å². The maximum absolute atomic E-state index is 12.0. The number of aromatic nitrogens is 2. The number of pyridine rings is 1. The number of nitrogens with zero attached hydrogens (tertiary/aromatic N) is 2. The third kappa shape index (κ3) is 3.98. The number of rotatable bonds is 5. The molecule has 4 heteroatoms. The Hall–Kier alpha value is -3.24. The summed E-state index contributed by atoms with van der Waals surface area (Å²) in [6, 6.07) is 19.4. The zero-order chi connectivity index (χ0) is 22.1. The molecule has 1 aliphatic rings. The molecule has 0 unspecified atom stereocenters. The van der Waals surface area contributed by atoms with Crippen molar-refractivity contribution in [2.24, 2.45) is 0 Å². The predicted molar refractivity (Wildman–Crippen MR) is 127 cm³/mol. The number of ketones is 1. The minimum atomic E-state index is 0.0899. The number of fused-ring (bicyclic) bond motifs is 1. The third-order valence-electron chi connectivity index (χ3n) is 6.61. The fraction of sp³-hybridized carbons (Fsp3) is 0.286. The minimum absolute atomic E-state index is 0.0899. The molecule has 0 bridgehead atoms. The molecule has 0 N–H and O–H groups in total. The van der Waals surface area contributed by atoms with Crippen LogP contribution < -0.4 is 0 Å². The van der Waals surface area contributed by atoms with E-state index < -0.39 is 0 Å². The summed E-state index contributed by atoms with van der Waals surface area (Å²) in [4.78, 5) is 16.7. The van der Waals surface area contributed by atoms with Crippen LogP contribution in [-0.2, 0) is 11.2 Å². The normalized spacial score (nSPS) is 14.7. The zero-order valence-corrected chi connectivity index (χ0v) is 18.7. The van der Waals surface area contributed by atoms with Gasteiger partial charge in [-0.1, -0.05) is 42.5 Å². The van der Waals surface area contributed by atoms with E-state index in [4.69, 9.17) is 4.74 Å². The number of aryl methyl sites for hydroxylation is 1. The molecule has 0 radical (unpaired) electrons. The molecule has 1 fully saturated rings. The molecular weight excluding hydrogens is 396 g/mol. The van der Waals surface area contributed by atoms with Crippen LogP contribution >= 0.6 is 0 Å². The quantitative estimate of drug-likeness (QED) is 0.369. The summed E-state index contributed by atoms with van der Waals surface area (Å²) >= 11 is 0. The molecule has 1 saturated heterocycles. The molecule has 4 nitrogen and oxygen atoms in total. The van der Waals surface area contributed by atoms with Crippen LogP contribution in [0.5, 0.6) is 0 Å². The zero-order valence-electron chi connectivity index (χ0n) is 18.7. The Kier molecular flexibility index (Phi) is 5.62. The van der Waals surface area contributed by atoms with Crippen LogP contribution in [0.4, 0.5) is 0 Å². The van der Waals surface area contributed by atoms with Gasteiger partial charge >= 0.3 is 0 Å². The van der Waals surface area contributed by atoms with Gasteiger partial charge in [0.15, 0.2) is 5.78 Å². The SMILES string of the molecule is CC(=O)c1cc(-c2ccc(Cc3ccc(C4CCOCC4)cc3)c3nccn23)ccc1C. The predicted octanol–water partition coefficient (Wildman–Crippen LogP) is 6.00. The minimum Gasteiger partial charge on any atom is -0.381 e. The van der Waals surface area contributed by atoms with E-state index in [0.717, 1.165) is 60.5 Å². The number of hydrogen-bond donors (Lipinski definition) is 0. The largest absolute Gasteiger partial charge is 0.381 e. The van der Waals surface area contributed by atoms with Gasteiger partial charge in [0.25, 0.3) is 0 Å². The van der Waals surface area contributed by atoms with Gasteiger partial charge in [0.05, 0.1) is 5.69 Å². The first-order valence-corrected chi connectivity index (χ1v) is 11.3. The molecular formula is C28H28N2O2. The van der Waals surface area contributed by atoms with E-state index in [9.17, 15) is 4.79 Å². The maximum Gasteiger partial charge on any atom is 0.160 e. The Morgan fingerprint density at radius 1 is 1.06 bits per heavy atom. The Morgan fingerprint density at radius 3 is 2.59 bits per heavy atom. The van der Waals surface area contributed by atoms with Crippen LogP contribution in [0.15, 0.2) is 67.0 Å². The highest BCUT2D eigenvalue weighted by Gasteiger charge is 2.16. The maximum atomic E-state index is 12.0. The second kappa shape index (κ2) is 8.71. The Labute approximate surface area is 188 Å². The topological polar surface area (TPSA) is 43.6 Å². The highest BCUT2D eigenvalue weighted by molar-refractivity contribution is 5.96. The first kappa shape index (κ1) is 20.7. The van der Waals surface area contributed by atoms with E-state index in [1.54, 1.807) is 6.92 Å².